The first-order valence-electron chi connectivity index (χ1n) is 4.78. The Morgan fingerprint density at radius 1 is 0.765 bits per heavy atom. The van der Waals surface area contributed by atoms with Crippen molar-refractivity contribution >= 4 is 69.6 Å². The van der Waals surface area contributed by atoms with E-state index in [1.807, 2.05) is 0 Å². The minimum absolute atomic E-state index is 0.437. The van der Waals surface area contributed by atoms with E-state index < -0.39 is 45.1 Å². The fourth-order valence-electron chi connectivity index (χ4n) is 1.05. The molecule has 104 valence electrons. The molecule has 1 aliphatic carbocycles. The molecule has 17 heavy (non-hydrogen) atoms. The first-order chi connectivity index (χ1) is 7.73. The van der Waals surface area contributed by atoms with E-state index >= 15 is 0 Å². The summed E-state index contributed by atoms with van der Waals surface area (Å²) in [4.78, 5) is 0. The molecule has 0 saturated heterocycles. The average Bonchev–Trinajstić information content (AvgIpc) is 2.32. The molecule has 0 aromatic carbocycles. The van der Waals surface area contributed by atoms with Crippen molar-refractivity contribution in [2.45, 2.75) is 45.4 Å². The molecule has 0 N–H and O–H groups in total. The van der Waals surface area contributed by atoms with Gasteiger partial charge in [-0.05, 0) is 6.92 Å². The highest BCUT2D eigenvalue weighted by molar-refractivity contribution is 6.45. The third kappa shape index (κ3) is 5.62. The number of alkyl halides is 8. The average molecular weight is 371 g/mol. The summed E-state index contributed by atoms with van der Waals surface area (Å²) in [6.07, 6.45) is -1.28. The van der Waals surface area contributed by atoms with Crippen molar-refractivity contribution in [1.29, 1.82) is 0 Å². The number of hydrogen-bond donors (Lipinski definition) is 0. The van der Waals surface area contributed by atoms with Crippen molar-refractivity contribution in [2.75, 3.05) is 6.67 Å². The zero-order chi connectivity index (χ0) is 13.7. The van der Waals surface area contributed by atoms with Crippen molar-refractivity contribution < 1.29 is 8.78 Å². The molecule has 0 spiro atoms. The van der Waals surface area contributed by atoms with Gasteiger partial charge in [0.25, 0.3) is 0 Å². The quantitative estimate of drug-likeness (QED) is 0.572. The SMILES string of the molecule is CC(F)CF.ClC1C(Cl)C(Cl)C(Cl)C(Cl)C1Cl. The Hall–Kier alpha value is 1.60. The van der Waals surface area contributed by atoms with Gasteiger partial charge in [-0.1, -0.05) is 0 Å². The van der Waals surface area contributed by atoms with Crippen molar-refractivity contribution in [1.82, 2.24) is 0 Å². The van der Waals surface area contributed by atoms with Gasteiger partial charge in [-0.2, -0.15) is 0 Å². The molecule has 1 fully saturated rings. The minimum Gasteiger partial charge on any atom is -0.248 e. The first-order valence-corrected chi connectivity index (χ1v) is 7.40. The van der Waals surface area contributed by atoms with E-state index in [1.165, 1.54) is 6.92 Å². The Labute approximate surface area is 130 Å². The van der Waals surface area contributed by atoms with Crippen LogP contribution in [-0.2, 0) is 0 Å². The van der Waals surface area contributed by atoms with Gasteiger partial charge < -0.3 is 0 Å². The van der Waals surface area contributed by atoms with Crippen LogP contribution in [0.1, 0.15) is 6.92 Å². The molecule has 0 aromatic heterocycles. The van der Waals surface area contributed by atoms with Crippen molar-refractivity contribution in [2.24, 2.45) is 0 Å². The van der Waals surface area contributed by atoms with E-state index in [9.17, 15) is 8.78 Å². The smallest absolute Gasteiger partial charge is 0.126 e. The molecular formula is C9H12Cl6F2. The fourth-order valence-corrected chi connectivity index (χ4v) is 3.38. The topological polar surface area (TPSA) is 0 Å². The summed E-state index contributed by atoms with van der Waals surface area (Å²) < 4.78 is 21.8. The van der Waals surface area contributed by atoms with Gasteiger partial charge in [0.2, 0.25) is 0 Å². The lowest BCUT2D eigenvalue weighted by Crippen LogP contribution is -2.52. The molecule has 1 unspecified atom stereocenters. The van der Waals surface area contributed by atoms with Gasteiger partial charge >= 0.3 is 0 Å². The molecule has 0 aromatic rings. The van der Waals surface area contributed by atoms with E-state index in [1.54, 1.807) is 0 Å². The molecule has 1 atom stereocenters. The lowest BCUT2D eigenvalue weighted by Gasteiger charge is -2.37. The van der Waals surface area contributed by atoms with E-state index in [-0.39, 0.29) is 0 Å². The van der Waals surface area contributed by atoms with Crippen LogP contribution < -0.4 is 0 Å². The third-order valence-corrected chi connectivity index (χ3v) is 6.07. The highest BCUT2D eigenvalue weighted by Crippen LogP contribution is 2.39. The Bertz CT molecular complexity index is 159. The summed E-state index contributed by atoms with van der Waals surface area (Å²) >= 11 is 35.3. The highest BCUT2D eigenvalue weighted by atomic mass is 35.5. The fraction of sp³-hybridized carbons (Fsp3) is 1.00. The summed E-state index contributed by atoms with van der Waals surface area (Å²) in [5.74, 6) is 0. The molecule has 0 nitrogen and oxygen atoms in total. The van der Waals surface area contributed by atoms with E-state index in [2.05, 4.69) is 0 Å². The predicted octanol–water partition coefficient (Wildman–Crippen LogP) is 4.96. The molecule has 8 heteroatoms. The van der Waals surface area contributed by atoms with Gasteiger partial charge in [0, 0.05) is 0 Å². The van der Waals surface area contributed by atoms with E-state index in [4.69, 9.17) is 69.6 Å². The Balaban J connectivity index is 0.000000437. The van der Waals surface area contributed by atoms with Crippen LogP contribution >= 0.6 is 69.6 Å². The van der Waals surface area contributed by atoms with Gasteiger partial charge in [-0.25, -0.2) is 8.78 Å². The van der Waals surface area contributed by atoms with Crippen molar-refractivity contribution in [3.05, 3.63) is 0 Å². The molecule has 0 amide bonds. The first kappa shape index (κ1) is 18.6. The normalized spacial score (nSPS) is 43.6. The standard InChI is InChI=1S/C6H6Cl6.C3H6F2/c7-1-2(8)4(10)6(12)5(11)3(1)9;1-3(5)2-4/h1-6H;3H,2H2,1H3. The molecule has 1 rings (SSSR count). The Morgan fingerprint density at radius 2 is 0.882 bits per heavy atom. The second-order valence-corrected chi connectivity index (χ2v) is 6.63. The van der Waals surface area contributed by atoms with E-state index in [0.717, 1.165) is 0 Å². The molecule has 0 radical (unpaired) electrons. The van der Waals surface area contributed by atoms with Gasteiger partial charge in [-0.3, -0.25) is 0 Å². The molecule has 0 bridgehead atoms. The van der Waals surface area contributed by atoms with Gasteiger partial charge in [0.05, 0.1) is 32.3 Å². The van der Waals surface area contributed by atoms with Crippen LogP contribution in [0.3, 0.4) is 0 Å². The largest absolute Gasteiger partial charge is 0.248 e. The summed E-state index contributed by atoms with van der Waals surface area (Å²) in [5, 5.41) is -2.62. The number of hydrogen-bond acceptors (Lipinski definition) is 0. The van der Waals surface area contributed by atoms with Crippen LogP contribution in [0.4, 0.5) is 8.78 Å². The van der Waals surface area contributed by atoms with E-state index in [0.29, 0.717) is 0 Å². The molecule has 1 aliphatic rings. The zero-order valence-electron chi connectivity index (χ0n) is 8.77. The molecular weight excluding hydrogens is 359 g/mol. The monoisotopic (exact) mass is 368 g/mol. The summed E-state index contributed by atoms with van der Waals surface area (Å²) in [7, 11) is 0. The second kappa shape index (κ2) is 8.71. The van der Waals surface area contributed by atoms with Crippen LogP contribution in [0.15, 0.2) is 0 Å². The van der Waals surface area contributed by atoms with Crippen molar-refractivity contribution in [3.8, 4) is 0 Å². The van der Waals surface area contributed by atoms with Crippen LogP contribution in [-0.4, -0.2) is 45.1 Å². The van der Waals surface area contributed by atoms with Crippen LogP contribution in [0.5, 0.6) is 0 Å². The lowest BCUT2D eigenvalue weighted by atomic mass is 9.97. The van der Waals surface area contributed by atoms with Crippen molar-refractivity contribution in [3.63, 3.8) is 0 Å². The van der Waals surface area contributed by atoms with Crippen LogP contribution in [0.2, 0.25) is 0 Å². The maximum atomic E-state index is 11.1. The summed E-state index contributed by atoms with van der Waals surface area (Å²) in [6.45, 7) is 0.319. The zero-order valence-corrected chi connectivity index (χ0v) is 13.3. The molecule has 0 aliphatic heterocycles. The third-order valence-electron chi connectivity index (χ3n) is 2.04. The van der Waals surface area contributed by atoms with Gasteiger partial charge in [0.15, 0.2) is 0 Å². The molecule has 1 saturated carbocycles. The van der Waals surface area contributed by atoms with Crippen LogP contribution in [0, 0.1) is 0 Å². The summed E-state index contributed by atoms with van der Waals surface area (Å²) in [5.41, 5.74) is 0. The number of halogens is 8. The maximum Gasteiger partial charge on any atom is 0.126 e. The molecule has 0 heterocycles. The van der Waals surface area contributed by atoms with Gasteiger partial charge in [0.1, 0.15) is 12.8 Å². The maximum absolute atomic E-state index is 11.1. The second-order valence-electron chi connectivity index (χ2n) is 3.60. The van der Waals surface area contributed by atoms with Crippen LogP contribution in [0.25, 0.3) is 0 Å². The highest BCUT2D eigenvalue weighted by Gasteiger charge is 2.46. The minimum atomic E-state index is -1.28. The van der Waals surface area contributed by atoms with Gasteiger partial charge in [-0.15, -0.1) is 69.6 Å². The summed E-state index contributed by atoms with van der Waals surface area (Å²) in [6, 6.07) is 0. The number of rotatable bonds is 1. The lowest BCUT2D eigenvalue weighted by molar-refractivity contribution is 0.281. The predicted molar refractivity (Wildman–Crippen MR) is 74.4 cm³/mol. The Kier molecular flexibility index (Phi) is 9.53. The Morgan fingerprint density at radius 3 is 0.941 bits per heavy atom.